The second-order valence-electron chi connectivity index (χ2n) is 4.69. The van der Waals surface area contributed by atoms with E-state index in [0.717, 1.165) is 10.0 Å². The third-order valence-electron chi connectivity index (χ3n) is 3.12. The predicted octanol–water partition coefficient (Wildman–Crippen LogP) is 3.93. The Balaban J connectivity index is 2.28. The minimum atomic E-state index is -3.66. The molecule has 22 heavy (non-hydrogen) atoms. The summed E-state index contributed by atoms with van der Waals surface area (Å²) < 4.78 is 32.4. The molecular weight excluding hydrogens is 390 g/mol. The molecule has 2 rings (SSSR count). The van der Waals surface area contributed by atoms with Gasteiger partial charge in [-0.25, -0.2) is 8.42 Å². The molecule has 118 valence electrons. The van der Waals surface area contributed by atoms with Gasteiger partial charge in [0.25, 0.3) is 0 Å². The third-order valence-corrected chi connectivity index (χ3v) is 5.90. The van der Waals surface area contributed by atoms with E-state index in [-0.39, 0.29) is 16.5 Å². The zero-order valence-electron chi connectivity index (χ0n) is 12.1. The average molecular weight is 405 g/mol. The normalized spacial score (nSPS) is 11.7. The fourth-order valence-electron chi connectivity index (χ4n) is 1.97. The van der Waals surface area contributed by atoms with Gasteiger partial charge in [-0.05, 0) is 35.9 Å². The highest BCUT2D eigenvalue weighted by Crippen LogP contribution is 2.28. The molecule has 0 fully saturated rings. The Morgan fingerprint density at radius 1 is 1.23 bits per heavy atom. The van der Waals surface area contributed by atoms with E-state index in [4.69, 9.17) is 16.3 Å². The van der Waals surface area contributed by atoms with Gasteiger partial charge in [-0.1, -0.05) is 39.7 Å². The summed E-state index contributed by atoms with van der Waals surface area (Å²) in [5, 5.41) is 0.187. The van der Waals surface area contributed by atoms with Crippen LogP contribution in [-0.2, 0) is 16.6 Å². The molecule has 0 bridgehead atoms. The van der Waals surface area contributed by atoms with E-state index in [1.54, 1.807) is 25.3 Å². The van der Waals surface area contributed by atoms with Crippen LogP contribution in [0.5, 0.6) is 5.75 Å². The molecule has 0 aliphatic rings. The van der Waals surface area contributed by atoms with Gasteiger partial charge in [-0.2, -0.15) is 4.31 Å². The summed E-state index contributed by atoms with van der Waals surface area (Å²) in [6, 6.07) is 12.0. The lowest BCUT2D eigenvalue weighted by atomic mass is 10.2. The van der Waals surface area contributed by atoms with Crippen molar-refractivity contribution >= 4 is 37.6 Å². The number of nitrogens with zero attached hydrogens (tertiary/aromatic N) is 1. The summed E-state index contributed by atoms with van der Waals surface area (Å²) in [6.07, 6.45) is 0. The van der Waals surface area contributed by atoms with Crippen molar-refractivity contribution in [2.45, 2.75) is 11.4 Å². The Kier molecular flexibility index (Phi) is 5.50. The van der Waals surface area contributed by atoms with Crippen molar-refractivity contribution in [3.8, 4) is 5.75 Å². The quantitative estimate of drug-likeness (QED) is 0.758. The molecule has 0 aromatic heterocycles. The number of hydrogen-bond acceptors (Lipinski definition) is 3. The van der Waals surface area contributed by atoms with Gasteiger partial charge >= 0.3 is 0 Å². The maximum atomic E-state index is 12.6. The van der Waals surface area contributed by atoms with E-state index in [2.05, 4.69) is 15.9 Å². The van der Waals surface area contributed by atoms with Crippen molar-refractivity contribution in [2.24, 2.45) is 0 Å². The lowest BCUT2D eigenvalue weighted by Gasteiger charge is -2.18. The lowest BCUT2D eigenvalue weighted by Crippen LogP contribution is -2.26. The molecule has 0 aliphatic heterocycles. The number of halogens is 2. The molecule has 0 saturated heterocycles. The Bertz CT molecular complexity index is 780. The zero-order valence-corrected chi connectivity index (χ0v) is 15.2. The number of rotatable bonds is 5. The van der Waals surface area contributed by atoms with Crippen LogP contribution in [0, 0.1) is 0 Å². The summed E-state index contributed by atoms with van der Waals surface area (Å²) >= 11 is 9.32. The van der Waals surface area contributed by atoms with Crippen LogP contribution in [0.3, 0.4) is 0 Å². The third kappa shape index (κ3) is 3.81. The van der Waals surface area contributed by atoms with Gasteiger partial charge in [0.1, 0.15) is 10.6 Å². The fraction of sp³-hybridized carbons (Fsp3) is 0.200. The maximum Gasteiger partial charge on any atom is 0.244 e. The average Bonchev–Trinajstić information content (AvgIpc) is 2.47. The first-order chi connectivity index (χ1) is 10.3. The van der Waals surface area contributed by atoms with Gasteiger partial charge in [0.2, 0.25) is 10.0 Å². The molecule has 4 nitrogen and oxygen atoms in total. The van der Waals surface area contributed by atoms with Gasteiger partial charge in [0.15, 0.2) is 0 Å². The predicted molar refractivity (Wildman–Crippen MR) is 90.8 cm³/mol. The molecule has 0 saturated carbocycles. The summed E-state index contributed by atoms with van der Waals surface area (Å²) in [6.45, 7) is 0.228. The summed E-state index contributed by atoms with van der Waals surface area (Å²) in [5.41, 5.74) is 0.832. The van der Waals surface area contributed by atoms with Crippen LogP contribution >= 0.6 is 27.5 Å². The molecule has 0 heterocycles. The van der Waals surface area contributed by atoms with Crippen molar-refractivity contribution in [3.63, 3.8) is 0 Å². The van der Waals surface area contributed by atoms with Crippen molar-refractivity contribution < 1.29 is 13.2 Å². The van der Waals surface area contributed by atoms with Crippen LogP contribution in [0.2, 0.25) is 5.02 Å². The Morgan fingerprint density at radius 3 is 2.59 bits per heavy atom. The first-order valence-corrected chi connectivity index (χ1v) is 9.00. The number of benzene rings is 2. The lowest BCUT2D eigenvalue weighted by molar-refractivity contribution is 0.412. The SMILES string of the molecule is COc1cccc(CN(C)S(=O)(=O)c2ccc(Br)cc2Cl)c1. The standard InChI is InChI=1S/C15H15BrClNO3S/c1-18(10-11-4-3-5-13(8-11)21-2)22(19,20)15-7-6-12(16)9-14(15)17/h3-9H,10H2,1-2H3. The number of sulfonamides is 1. The molecule has 0 radical (unpaired) electrons. The Labute approximate surface area is 143 Å². The first kappa shape index (κ1) is 17.3. The van der Waals surface area contributed by atoms with E-state index < -0.39 is 10.0 Å². The number of ether oxygens (including phenoxy) is 1. The van der Waals surface area contributed by atoms with E-state index >= 15 is 0 Å². The van der Waals surface area contributed by atoms with Crippen molar-refractivity contribution in [1.82, 2.24) is 4.31 Å². The molecule has 0 aliphatic carbocycles. The van der Waals surface area contributed by atoms with E-state index in [0.29, 0.717) is 5.75 Å². The molecule has 2 aromatic rings. The fourth-order valence-corrected chi connectivity index (χ4v) is 4.13. The summed E-state index contributed by atoms with van der Waals surface area (Å²) in [7, 11) is -0.573. The van der Waals surface area contributed by atoms with E-state index in [1.807, 2.05) is 18.2 Å². The molecule has 2 aromatic carbocycles. The molecule has 0 unspecified atom stereocenters. The van der Waals surface area contributed by atoms with Crippen LogP contribution in [-0.4, -0.2) is 26.9 Å². The van der Waals surface area contributed by atoms with Crippen LogP contribution in [0.4, 0.5) is 0 Å². The van der Waals surface area contributed by atoms with Crippen molar-refractivity contribution in [3.05, 3.63) is 57.5 Å². The van der Waals surface area contributed by atoms with E-state index in [9.17, 15) is 8.42 Å². The molecule has 0 spiro atoms. The van der Waals surface area contributed by atoms with E-state index in [1.165, 1.54) is 17.4 Å². The topological polar surface area (TPSA) is 46.6 Å². The van der Waals surface area contributed by atoms with Gasteiger partial charge in [0, 0.05) is 18.1 Å². The number of methoxy groups -OCH3 is 1. The van der Waals surface area contributed by atoms with Crippen LogP contribution in [0.25, 0.3) is 0 Å². The highest BCUT2D eigenvalue weighted by Gasteiger charge is 2.23. The van der Waals surface area contributed by atoms with Crippen molar-refractivity contribution in [1.29, 1.82) is 0 Å². The van der Waals surface area contributed by atoms with Crippen LogP contribution in [0.15, 0.2) is 51.8 Å². The van der Waals surface area contributed by atoms with Gasteiger partial charge < -0.3 is 4.74 Å². The minimum absolute atomic E-state index is 0.0859. The second-order valence-corrected chi connectivity index (χ2v) is 8.02. The molecular formula is C15H15BrClNO3S. The largest absolute Gasteiger partial charge is 0.497 e. The van der Waals surface area contributed by atoms with Gasteiger partial charge in [-0.15, -0.1) is 0 Å². The monoisotopic (exact) mass is 403 g/mol. The molecule has 0 amide bonds. The zero-order chi connectivity index (χ0) is 16.3. The highest BCUT2D eigenvalue weighted by molar-refractivity contribution is 9.10. The van der Waals surface area contributed by atoms with Crippen LogP contribution < -0.4 is 4.74 Å². The smallest absolute Gasteiger partial charge is 0.244 e. The van der Waals surface area contributed by atoms with Gasteiger partial charge in [-0.3, -0.25) is 0 Å². The summed E-state index contributed by atoms with van der Waals surface area (Å²) in [5.74, 6) is 0.685. The van der Waals surface area contributed by atoms with Crippen molar-refractivity contribution in [2.75, 3.05) is 14.2 Å². The Morgan fingerprint density at radius 2 is 1.95 bits per heavy atom. The van der Waals surface area contributed by atoms with Gasteiger partial charge in [0.05, 0.1) is 12.1 Å². The second kappa shape index (κ2) is 7.00. The highest BCUT2D eigenvalue weighted by atomic mass is 79.9. The molecule has 0 N–H and O–H groups in total. The summed E-state index contributed by atoms with van der Waals surface area (Å²) in [4.78, 5) is 0.0859. The molecule has 0 atom stereocenters. The molecule has 7 heteroatoms. The number of hydrogen-bond donors (Lipinski definition) is 0. The minimum Gasteiger partial charge on any atom is -0.497 e. The van der Waals surface area contributed by atoms with Crippen LogP contribution in [0.1, 0.15) is 5.56 Å². The first-order valence-electron chi connectivity index (χ1n) is 6.39. The maximum absolute atomic E-state index is 12.6. The Hall–Kier alpha value is -1.08.